The molecule has 42 heavy (non-hydrogen) atoms. The molecule has 8 rings (SSSR count). The Labute approximate surface area is 241 Å². The first-order valence-electron chi connectivity index (χ1n) is 13.5. The highest BCUT2D eigenvalue weighted by Gasteiger charge is 2.53. The zero-order chi connectivity index (χ0) is 28.7. The number of nitriles is 2. The highest BCUT2D eigenvalue weighted by Crippen LogP contribution is 2.65. The van der Waals surface area contributed by atoms with Gasteiger partial charge in [-0.25, -0.2) is 0 Å². The maximum Gasteiger partial charge on any atom is 0.198 e. The lowest BCUT2D eigenvalue weighted by Crippen LogP contribution is -2.26. The second-order valence-electron chi connectivity index (χ2n) is 10.8. The summed E-state index contributed by atoms with van der Waals surface area (Å²) >= 11 is 0. The van der Waals surface area contributed by atoms with Crippen molar-refractivity contribution in [1.29, 1.82) is 10.5 Å². The lowest BCUT2D eigenvalue weighted by atomic mass is 9.70. The predicted octanol–water partition coefficient (Wildman–Crippen LogP) is 7.17. The molecule has 0 fully saturated rings. The number of nitrogens with zero attached hydrogens (tertiary/aromatic N) is 2. The molecule has 0 aromatic heterocycles. The average Bonchev–Trinajstić information content (AvgIpc) is 3.44. The largest absolute Gasteiger partial charge is 0.504 e. The van der Waals surface area contributed by atoms with E-state index in [1.807, 2.05) is 62.4 Å². The van der Waals surface area contributed by atoms with Gasteiger partial charge >= 0.3 is 0 Å². The van der Waals surface area contributed by atoms with Crippen molar-refractivity contribution < 1.29 is 19.3 Å². The Morgan fingerprint density at radius 3 is 1.81 bits per heavy atom. The highest BCUT2D eigenvalue weighted by molar-refractivity contribution is 5.96. The summed E-state index contributed by atoms with van der Waals surface area (Å²) in [5.74, 6) is 1.66. The molecule has 6 heteroatoms. The van der Waals surface area contributed by atoms with E-state index >= 15 is 0 Å². The zero-order valence-electron chi connectivity index (χ0n) is 22.6. The van der Waals surface area contributed by atoms with Crippen LogP contribution in [0.5, 0.6) is 23.0 Å². The molecule has 0 amide bonds. The first-order chi connectivity index (χ1) is 20.4. The lowest BCUT2D eigenvalue weighted by molar-refractivity contribution is 0.232. The van der Waals surface area contributed by atoms with E-state index in [9.17, 15) is 15.6 Å². The summed E-state index contributed by atoms with van der Waals surface area (Å²) in [5, 5.41) is 30.6. The second-order valence-corrected chi connectivity index (χ2v) is 10.8. The standard InChI is InChI=1S/C36H20N2O4/c1-19(2)40-31-13-24-22-7-3-5-9-26(22)36(28(24)15-30(31)39)27-10-6-4-8-23(27)25-14-32-33(16-29(25)36)42-35-21(18-38)12-11-20(17-37)34(35)41-32/h3-10,13-16,19,39H,1-2H3. The van der Waals surface area contributed by atoms with Gasteiger partial charge in [0.05, 0.1) is 11.5 Å². The lowest BCUT2D eigenvalue weighted by Gasteiger charge is -2.31. The smallest absolute Gasteiger partial charge is 0.198 e. The van der Waals surface area contributed by atoms with Crippen LogP contribution in [0.25, 0.3) is 22.3 Å². The van der Waals surface area contributed by atoms with Gasteiger partial charge in [0.15, 0.2) is 34.5 Å². The van der Waals surface area contributed by atoms with Crippen molar-refractivity contribution in [2.24, 2.45) is 0 Å². The van der Waals surface area contributed by atoms with Crippen LogP contribution in [0.1, 0.15) is 36.1 Å². The molecule has 3 aliphatic carbocycles. The maximum atomic E-state index is 11.2. The van der Waals surface area contributed by atoms with Crippen molar-refractivity contribution >= 4 is 0 Å². The molecule has 0 saturated heterocycles. The van der Waals surface area contributed by atoms with Gasteiger partial charge < -0.3 is 19.3 Å². The molecule has 1 aliphatic heterocycles. The van der Waals surface area contributed by atoms with Crippen LogP contribution < -0.4 is 14.2 Å². The molecule has 4 aliphatic rings. The summed E-state index contributed by atoms with van der Waals surface area (Å²) in [5.41, 5.74) is 12.9. The molecular weight excluding hydrogens is 524 g/mol. The molecule has 1 unspecified atom stereocenters. The molecule has 4 aromatic carbocycles. The van der Waals surface area contributed by atoms with Gasteiger partial charge in [0, 0.05) is 0 Å². The molecule has 0 saturated carbocycles. The average molecular weight is 545 g/mol. The van der Waals surface area contributed by atoms with Crippen molar-refractivity contribution in [2.75, 3.05) is 0 Å². The number of benzene rings is 4. The minimum absolute atomic E-state index is 0.0708. The maximum absolute atomic E-state index is 11.2. The third kappa shape index (κ3) is 2.92. The fraction of sp³-hybridized carbons (Fsp3) is 0.111. The minimum atomic E-state index is -0.753. The van der Waals surface area contributed by atoms with Crippen LogP contribution in [0.4, 0.5) is 0 Å². The number of allylic oxidation sites excluding steroid dienone is 2. The number of ether oxygens (including phenoxy) is 3. The Bertz CT molecular complexity index is 2160. The SMILES string of the molecule is CC(C)Oc1cc2c(cc1O)C1(c3ccccc3-2)c2ccccc2-c2cc3c(cc21)OC1=C(O3)C(C#N)=C=C=C1C#N. The summed E-state index contributed by atoms with van der Waals surface area (Å²) in [6.07, 6.45) is -0.103. The topological polar surface area (TPSA) is 95.5 Å². The van der Waals surface area contributed by atoms with Gasteiger partial charge in [0.2, 0.25) is 0 Å². The fourth-order valence-electron chi connectivity index (χ4n) is 6.70. The van der Waals surface area contributed by atoms with Crippen molar-refractivity contribution in [3.8, 4) is 57.4 Å². The highest BCUT2D eigenvalue weighted by atomic mass is 16.6. The zero-order valence-corrected chi connectivity index (χ0v) is 22.6. The summed E-state index contributed by atoms with van der Waals surface area (Å²) in [6, 6.07) is 28.3. The van der Waals surface area contributed by atoms with Crippen molar-refractivity contribution in [3.63, 3.8) is 0 Å². The monoisotopic (exact) mass is 544 g/mol. The Kier molecular flexibility index (Phi) is 4.73. The Morgan fingerprint density at radius 1 is 0.714 bits per heavy atom. The number of fused-ring (bicyclic) bond motifs is 11. The van der Waals surface area contributed by atoms with E-state index in [0.29, 0.717) is 17.2 Å². The van der Waals surface area contributed by atoms with Crippen LogP contribution in [-0.2, 0) is 5.41 Å². The summed E-state index contributed by atoms with van der Waals surface area (Å²) in [7, 11) is 0. The van der Waals surface area contributed by atoms with Crippen LogP contribution >= 0.6 is 0 Å². The van der Waals surface area contributed by atoms with Crippen LogP contribution in [0.3, 0.4) is 0 Å². The number of hydrogen-bond donors (Lipinski definition) is 1. The van der Waals surface area contributed by atoms with E-state index in [1.165, 1.54) is 0 Å². The van der Waals surface area contributed by atoms with Crippen molar-refractivity contribution in [3.05, 3.63) is 129 Å². The fourth-order valence-corrected chi connectivity index (χ4v) is 6.70. The quantitative estimate of drug-likeness (QED) is 0.232. The first-order valence-corrected chi connectivity index (χ1v) is 13.5. The van der Waals surface area contributed by atoms with Gasteiger partial charge in [-0.15, -0.1) is 0 Å². The third-order valence-electron chi connectivity index (χ3n) is 8.22. The summed E-state index contributed by atoms with van der Waals surface area (Å²) in [4.78, 5) is 0. The Balaban J connectivity index is 1.42. The normalized spacial score (nSPS) is 17.8. The van der Waals surface area contributed by atoms with Crippen molar-refractivity contribution in [2.45, 2.75) is 25.4 Å². The van der Waals surface area contributed by atoms with E-state index in [1.54, 1.807) is 0 Å². The van der Waals surface area contributed by atoms with E-state index < -0.39 is 5.41 Å². The van der Waals surface area contributed by atoms with Gasteiger partial charge in [0.1, 0.15) is 23.3 Å². The van der Waals surface area contributed by atoms with Crippen LogP contribution in [0.15, 0.2) is 107 Å². The van der Waals surface area contributed by atoms with Crippen LogP contribution in [0, 0.1) is 22.7 Å². The van der Waals surface area contributed by atoms with E-state index in [-0.39, 0.29) is 34.5 Å². The number of aromatic hydroxyl groups is 1. The van der Waals surface area contributed by atoms with Gasteiger partial charge in [-0.05, 0) is 94.1 Å². The molecule has 1 atom stereocenters. The molecule has 1 spiro atoms. The number of rotatable bonds is 2. The van der Waals surface area contributed by atoms with Crippen molar-refractivity contribution in [1.82, 2.24) is 0 Å². The Morgan fingerprint density at radius 2 is 1.24 bits per heavy atom. The second kappa shape index (κ2) is 8.31. The third-order valence-corrected chi connectivity index (χ3v) is 8.22. The van der Waals surface area contributed by atoms with Gasteiger partial charge in [-0.2, -0.15) is 10.5 Å². The van der Waals surface area contributed by atoms with Gasteiger partial charge in [0.25, 0.3) is 0 Å². The van der Waals surface area contributed by atoms with Gasteiger partial charge in [-0.3, -0.25) is 0 Å². The Hall–Kier alpha value is -5.90. The van der Waals surface area contributed by atoms with Gasteiger partial charge in [-0.1, -0.05) is 48.5 Å². The van der Waals surface area contributed by atoms with E-state index in [0.717, 1.165) is 44.5 Å². The molecule has 0 radical (unpaired) electrons. The van der Waals surface area contributed by atoms with E-state index in [2.05, 4.69) is 47.9 Å². The number of hydrogen-bond acceptors (Lipinski definition) is 6. The van der Waals surface area contributed by atoms with E-state index in [4.69, 9.17) is 14.2 Å². The molecule has 6 nitrogen and oxygen atoms in total. The molecule has 0 bridgehead atoms. The summed E-state index contributed by atoms with van der Waals surface area (Å²) < 4.78 is 18.5. The first kappa shape index (κ1) is 23.9. The molecule has 1 heterocycles. The number of phenols is 1. The molecule has 4 aromatic rings. The molecule has 1 N–H and O–H groups in total. The molecule has 198 valence electrons. The minimum Gasteiger partial charge on any atom is -0.504 e. The van der Waals surface area contributed by atoms with Crippen LogP contribution in [0.2, 0.25) is 0 Å². The predicted molar refractivity (Wildman–Crippen MR) is 154 cm³/mol. The van der Waals surface area contributed by atoms with Crippen LogP contribution in [-0.4, -0.2) is 11.2 Å². The summed E-state index contributed by atoms with van der Waals surface area (Å²) in [6.45, 7) is 3.87. The number of phenolic OH excluding ortho intramolecular Hbond substituents is 1. The molecular formula is C36H20N2O4.